The summed E-state index contributed by atoms with van der Waals surface area (Å²) in [6.07, 6.45) is 21.4. The second-order valence-electron chi connectivity index (χ2n) is 19.6. The predicted octanol–water partition coefficient (Wildman–Crippen LogP) is 20.1. The average molecular weight is 1380 g/mol. The van der Waals surface area contributed by atoms with Crippen LogP contribution in [0.1, 0.15) is 167 Å². The highest BCUT2D eigenvalue weighted by atomic mass is 15.3. The molecule has 0 spiro atoms. The van der Waals surface area contributed by atoms with Gasteiger partial charge in [0.05, 0.1) is 45.4 Å². The average Bonchev–Trinajstić information content (AvgIpc) is 0.728. The summed E-state index contributed by atoms with van der Waals surface area (Å²) in [5.74, 6) is 0. The minimum Gasteiger partial charge on any atom is -0.261 e. The Bertz CT molecular complexity index is 4110. The van der Waals surface area contributed by atoms with E-state index in [9.17, 15) is 0 Å². The van der Waals surface area contributed by atoms with Crippen molar-refractivity contribution in [3.8, 4) is 56.5 Å². The summed E-state index contributed by atoms with van der Waals surface area (Å²) in [6.45, 7) is 50.1. The molecule has 0 aliphatic heterocycles. The molecule has 0 radical (unpaired) electrons. The number of benzene rings is 3. The quantitative estimate of drug-likeness (QED) is 0.152. The van der Waals surface area contributed by atoms with Crippen LogP contribution in [0.25, 0.3) is 89.0 Å². The largest absolute Gasteiger partial charge is 0.275 e. The lowest BCUT2D eigenvalue weighted by Crippen LogP contribution is -2.35. The Hall–Kier alpha value is -10.4. The first-order valence-electron chi connectivity index (χ1n) is 36.8. The molecule has 0 bridgehead atoms. The van der Waals surface area contributed by atoms with Gasteiger partial charge >= 0.3 is 0 Å². The van der Waals surface area contributed by atoms with Gasteiger partial charge in [-0.05, 0) is 123 Å². The van der Waals surface area contributed by atoms with E-state index in [1.807, 2.05) is 229 Å². The Morgan fingerprint density at radius 2 is 0.735 bits per heavy atom. The van der Waals surface area contributed by atoms with Crippen molar-refractivity contribution in [1.29, 1.82) is 0 Å². The molecule has 0 unspecified atom stereocenters. The van der Waals surface area contributed by atoms with E-state index in [2.05, 4.69) is 219 Å². The molecular formula is C87H126N15+5. The minimum absolute atomic E-state index is 0.864. The van der Waals surface area contributed by atoms with Gasteiger partial charge in [-0.1, -0.05) is 196 Å². The van der Waals surface area contributed by atoms with Crippen LogP contribution in [0.3, 0.4) is 0 Å². The SMILES string of the molecule is CC.CC.CC.CC.CC.CC.CC.CC.CC.CC.Cc1cncnc1-c1cccn[n+]1C.Cc1cncnc1-c1cncn[n+]1C.Cc1ncccc1-c1c2ccccc2cc[n+]1C.Cc1ncccc1-c1cc2ccccc2c[n+]1C.Cc1ncccc1-c1ccc2ccccc2[n+]1C. The number of rotatable bonds is 5. The maximum Gasteiger partial charge on any atom is 0.275 e. The fourth-order valence-corrected chi connectivity index (χ4v) is 9.64. The topological polar surface area (TPSA) is 148 Å². The predicted molar refractivity (Wildman–Crippen MR) is 433 cm³/mol. The molecule has 13 aromatic rings. The fraction of sp³-hybridized carbons (Fsp3) is 0.345. The monoisotopic (exact) mass is 1380 g/mol. The first-order chi connectivity index (χ1) is 49.9. The Kier molecular flexibility index (Phi) is 51.7. The van der Waals surface area contributed by atoms with Gasteiger partial charge in [0.2, 0.25) is 22.6 Å². The molecule has 15 heteroatoms. The van der Waals surface area contributed by atoms with Crippen molar-refractivity contribution in [2.24, 2.45) is 35.2 Å². The number of pyridine rings is 6. The summed E-state index contributed by atoms with van der Waals surface area (Å²) < 4.78 is 10.1. The molecule has 3 aromatic carbocycles. The van der Waals surface area contributed by atoms with E-state index in [0.29, 0.717) is 0 Å². The van der Waals surface area contributed by atoms with Crippen LogP contribution < -0.4 is 23.1 Å². The van der Waals surface area contributed by atoms with Crippen LogP contribution in [0, 0.1) is 34.6 Å². The minimum atomic E-state index is 0.864. The van der Waals surface area contributed by atoms with E-state index in [-0.39, 0.29) is 0 Å². The Labute approximate surface area is 615 Å². The lowest BCUT2D eigenvalue weighted by Gasteiger charge is -2.06. The normalized spacial score (nSPS) is 9.08. The number of nitrogens with zero attached hydrogens (tertiary/aromatic N) is 15. The smallest absolute Gasteiger partial charge is 0.261 e. The van der Waals surface area contributed by atoms with Gasteiger partial charge in [0.15, 0.2) is 32.8 Å². The highest BCUT2D eigenvalue weighted by Gasteiger charge is 2.20. The summed E-state index contributed by atoms with van der Waals surface area (Å²) >= 11 is 0. The van der Waals surface area contributed by atoms with Gasteiger partial charge in [-0.25, -0.2) is 34.1 Å². The molecule has 10 aromatic heterocycles. The summed E-state index contributed by atoms with van der Waals surface area (Å²) in [5.41, 5.74) is 17.3. The maximum absolute atomic E-state index is 4.39. The zero-order valence-electron chi connectivity index (χ0n) is 68.0. The number of hydrogen-bond donors (Lipinski definition) is 0. The van der Waals surface area contributed by atoms with Gasteiger partial charge in [-0.15, -0.1) is 0 Å². The van der Waals surface area contributed by atoms with E-state index in [1.165, 1.54) is 78.9 Å². The lowest BCUT2D eigenvalue weighted by atomic mass is 10.0. The van der Waals surface area contributed by atoms with Crippen LogP contribution in [0.15, 0.2) is 220 Å². The van der Waals surface area contributed by atoms with Gasteiger partial charge < -0.3 is 0 Å². The molecule has 0 saturated heterocycles. The van der Waals surface area contributed by atoms with Crippen molar-refractivity contribution < 1.29 is 23.1 Å². The second kappa shape index (κ2) is 56.4. The number of fused-ring (bicyclic) bond motifs is 3. The van der Waals surface area contributed by atoms with Crippen molar-refractivity contribution in [1.82, 2.24) is 50.1 Å². The fourth-order valence-electron chi connectivity index (χ4n) is 9.64. The van der Waals surface area contributed by atoms with Gasteiger partial charge in [-0.3, -0.25) is 15.0 Å². The van der Waals surface area contributed by atoms with Gasteiger partial charge in [0.25, 0.3) is 11.4 Å². The molecule has 13 rings (SSSR count). The Balaban J connectivity index is 0. The second-order valence-corrected chi connectivity index (χ2v) is 19.6. The molecule has 15 nitrogen and oxygen atoms in total. The van der Waals surface area contributed by atoms with E-state index < -0.39 is 0 Å². The third-order valence-electron chi connectivity index (χ3n) is 14.0. The number of aryl methyl sites for hydroxylation is 10. The summed E-state index contributed by atoms with van der Waals surface area (Å²) in [4.78, 5) is 33.4. The van der Waals surface area contributed by atoms with E-state index in [0.717, 1.165) is 51.0 Å². The highest BCUT2D eigenvalue weighted by Crippen LogP contribution is 2.27. The third-order valence-corrected chi connectivity index (χ3v) is 14.0. The summed E-state index contributed by atoms with van der Waals surface area (Å²) in [5, 5.41) is 14.5. The summed E-state index contributed by atoms with van der Waals surface area (Å²) in [6, 6.07) is 50.2. The van der Waals surface area contributed by atoms with Crippen LogP contribution in [0.4, 0.5) is 0 Å². The molecule has 0 aliphatic rings. The molecule has 0 atom stereocenters. The third kappa shape index (κ3) is 28.3. The first kappa shape index (κ1) is 93.6. The van der Waals surface area contributed by atoms with E-state index >= 15 is 0 Å². The molecule has 0 fully saturated rings. The highest BCUT2D eigenvalue weighted by molar-refractivity contribution is 5.93. The van der Waals surface area contributed by atoms with Crippen molar-refractivity contribution in [3.63, 3.8) is 0 Å². The Morgan fingerprint density at radius 3 is 1.24 bits per heavy atom. The van der Waals surface area contributed by atoms with Crippen LogP contribution in [-0.2, 0) is 35.2 Å². The van der Waals surface area contributed by atoms with E-state index in [4.69, 9.17) is 0 Å². The lowest BCUT2D eigenvalue weighted by molar-refractivity contribution is -0.721. The zero-order valence-corrected chi connectivity index (χ0v) is 68.0. The Morgan fingerprint density at radius 1 is 0.304 bits per heavy atom. The molecule has 10 heterocycles. The number of para-hydroxylation sites is 1. The van der Waals surface area contributed by atoms with E-state index in [1.54, 1.807) is 40.5 Å². The summed E-state index contributed by atoms with van der Waals surface area (Å²) in [7, 11) is 10.0. The molecule has 0 N–H and O–H groups in total. The maximum atomic E-state index is 4.39. The standard InChI is InChI=1S/3C16H15N2.C10H11N4.C9H10N5.10C2H6/c1-12-14(7-5-11-17-12)16-10-9-13-6-3-4-8-15(13)18(16)2;1-12-14(8-5-10-17-12)16-15-7-4-3-6-13(15)9-11-18(16)2;1-12-15(8-5-9-17-12)16-10-13-6-3-4-7-14(13)11-18(16)2;1-8-6-11-7-12-10(8)9-4-3-5-13-14(9)2;1-7-3-10-5-12-9(7)8-4-11-6-13-14(8)2;10*1-2/h3*3-11H,1-2H3;3-7H,1-2H3;3-6H,1-2H3;10*1-2H3/q5*+1;;;;;;;;;;. The van der Waals surface area contributed by atoms with Crippen LogP contribution >= 0.6 is 0 Å². The molecule has 0 saturated carbocycles. The molecule has 0 aliphatic carbocycles. The molecule has 544 valence electrons. The van der Waals surface area contributed by atoms with Gasteiger partial charge in [0.1, 0.15) is 51.4 Å². The number of aromatic nitrogens is 15. The van der Waals surface area contributed by atoms with Gasteiger partial charge in [0, 0.05) is 82.8 Å². The molecular weight excluding hydrogens is 1260 g/mol. The van der Waals surface area contributed by atoms with Crippen LogP contribution in [0.5, 0.6) is 0 Å². The van der Waals surface area contributed by atoms with Crippen molar-refractivity contribution in [2.45, 2.75) is 173 Å². The molecule has 102 heavy (non-hydrogen) atoms. The van der Waals surface area contributed by atoms with Crippen molar-refractivity contribution >= 4 is 32.4 Å². The van der Waals surface area contributed by atoms with Crippen molar-refractivity contribution in [2.75, 3.05) is 0 Å². The first-order valence-corrected chi connectivity index (χ1v) is 36.8. The van der Waals surface area contributed by atoms with Crippen LogP contribution in [-0.4, -0.2) is 50.1 Å². The van der Waals surface area contributed by atoms with Gasteiger partial charge in [-0.2, -0.15) is 4.57 Å². The van der Waals surface area contributed by atoms with Crippen LogP contribution in [0.2, 0.25) is 0 Å². The number of hydrogen-bond acceptors (Lipinski definition) is 10. The van der Waals surface area contributed by atoms with Crippen molar-refractivity contribution in [3.05, 3.63) is 249 Å². The zero-order chi connectivity index (χ0) is 77.5. The molecule has 0 amide bonds.